The smallest absolute Gasteiger partial charge is 0.227 e. The maximum Gasteiger partial charge on any atom is 0.227 e. The van der Waals surface area contributed by atoms with Crippen LogP contribution in [0.5, 0.6) is 0 Å². The molecule has 134 valence electrons. The third-order valence-corrected chi connectivity index (χ3v) is 4.88. The average molecular weight is 349 g/mol. The molecule has 3 heterocycles. The van der Waals surface area contributed by atoms with Gasteiger partial charge in [-0.15, -0.1) is 0 Å². The van der Waals surface area contributed by atoms with Gasteiger partial charge < -0.3 is 10.0 Å². The van der Waals surface area contributed by atoms with E-state index in [0.717, 1.165) is 30.2 Å². The van der Waals surface area contributed by atoms with E-state index in [0.29, 0.717) is 12.5 Å². The minimum absolute atomic E-state index is 0.179. The molecule has 0 radical (unpaired) electrons. The van der Waals surface area contributed by atoms with Crippen molar-refractivity contribution >= 4 is 5.95 Å². The van der Waals surface area contributed by atoms with E-state index in [-0.39, 0.29) is 12.0 Å². The fourth-order valence-corrected chi connectivity index (χ4v) is 3.61. The van der Waals surface area contributed by atoms with Gasteiger partial charge in [-0.1, -0.05) is 30.3 Å². The van der Waals surface area contributed by atoms with Crippen LogP contribution in [0.15, 0.2) is 48.7 Å². The van der Waals surface area contributed by atoms with Crippen LogP contribution in [0.25, 0.3) is 5.82 Å². The molecule has 1 aliphatic rings. The number of anilines is 1. The molecule has 0 spiro atoms. The van der Waals surface area contributed by atoms with E-state index in [1.807, 2.05) is 48.9 Å². The second kappa shape index (κ2) is 6.88. The van der Waals surface area contributed by atoms with Crippen LogP contribution in [-0.4, -0.2) is 44.0 Å². The Labute approximate surface area is 153 Å². The second-order valence-corrected chi connectivity index (χ2v) is 6.98. The number of hydrogen-bond donors (Lipinski definition) is 1. The van der Waals surface area contributed by atoms with E-state index in [1.165, 1.54) is 5.56 Å². The highest BCUT2D eigenvalue weighted by Crippen LogP contribution is 2.25. The zero-order valence-corrected chi connectivity index (χ0v) is 15.1. The van der Waals surface area contributed by atoms with Gasteiger partial charge in [0.1, 0.15) is 0 Å². The van der Waals surface area contributed by atoms with E-state index in [2.05, 4.69) is 32.1 Å². The Morgan fingerprint density at radius 1 is 1.12 bits per heavy atom. The van der Waals surface area contributed by atoms with Crippen LogP contribution < -0.4 is 4.90 Å². The van der Waals surface area contributed by atoms with Crippen molar-refractivity contribution in [2.45, 2.75) is 26.4 Å². The van der Waals surface area contributed by atoms with E-state index in [4.69, 9.17) is 0 Å². The molecule has 1 aliphatic heterocycles. The Hall–Kier alpha value is -2.73. The van der Waals surface area contributed by atoms with Gasteiger partial charge in [-0.05, 0) is 31.9 Å². The van der Waals surface area contributed by atoms with Gasteiger partial charge in [-0.25, -0.2) is 9.67 Å². The molecule has 2 atom stereocenters. The highest BCUT2D eigenvalue weighted by atomic mass is 16.3. The maximum atomic E-state index is 10.5. The molecule has 2 aromatic heterocycles. The van der Waals surface area contributed by atoms with Gasteiger partial charge in [0.05, 0.1) is 11.8 Å². The number of nitrogens with zero attached hydrogens (tertiary/aromatic N) is 5. The summed E-state index contributed by atoms with van der Waals surface area (Å²) in [4.78, 5) is 11.2. The van der Waals surface area contributed by atoms with Gasteiger partial charge in [0.2, 0.25) is 5.95 Å². The maximum absolute atomic E-state index is 10.5. The Morgan fingerprint density at radius 3 is 2.65 bits per heavy atom. The Bertz CT molecular complexity index is 892. The lowest BCUT2D eigenvalue weighted by Crippen LogP contribution is -2.23. The summed E-state index contributed by atoms with van der Waals surface area (Å²) >= 11 is 0. The van der Waals surface area contributed by atoms with Gasteiger partial charge in [-0.3, -0.25) is 0 Å². The predicted molar refractivity (Wildman–Crippen MR) is 100 cm³/mol. The Morgan fingerprint density at radius 2 is 1.92 bits per heavy atom. The number of rotatable bonds is 4. The minimum Gasteiger partial charge on any atom is -0.391 e. The topological polar surface area (TPSA) is 67.1 Å². The van der Waals surface area contributed by atoms with Crippen LogP contribution in [0, 0.1) is 19.8 Å². The number of aliphatic hydroxyl groups is 1. The summed E-state index contributed by atoms with van der Waals surface area (Å²) < 4.78 is 1.83. The quantitative estimate of drug-likeness (QED) is 0.783. The first-order chi connectivity index (χ1) is 12.6. The van der Waals surface area contributed by atoms with Crippen LogP contribution >= 0.6 is 0 Å². The highest BCUT2D eigenvalue weighted by Gasteiger charge is 2.32. The molecule has 3 aromatic rings. The van der Waals surface area contributed by atoms with Gasteiger partial charge in [0, 0.05) is 37.0 Å². The molecule has 0 aliphatic carbocycles. The van der Waals surface area contributed by atoms with Crippen molar-refractivity contribution in [2.75, 3.05) is 18.0 Å². The summed E-state index contributed by atoms with van der Waals surface area (Å²) in [7, 11) is 0. The molecular formula is C20H23N5O. The monoisotopic (exact) mass is 349 g/mol. The van der Waals surface area contributed by atoms with Crippen LogP contribution in [0.1, 0.15) is 17.0 Å². The molecule has 6 nitrogen and oxygen atoms in total. The first-order valence-electron chi connectivity index (χ1n) is 8.94. The fourth-order valence-electron chi connectivity index (χ4n) is 3.61. The van der Waals surface area contributed by atoms with Crippen molar-refractivity contribution in [1.29, 1.82) is 0 Å². The second-order valence-electron chi connectivity index (χ2n) is 6.98. The van der Waals surface area contributed by atoms with Crippen LogP contribution in [0.2, 0.25) is 0 Å². The van der Waals surface area contributed by atoms with E-state index >= 15 is 0 Å². The van der Waals surface area contributed by atoms with E-state index in [1.54, 1.807) is 6.20 Å². The zero-order chi connectivity index (χ0) is 18.1. The van der Waals surface area contributed by atoms with E-state index in [9.17, 15) is 5.11 Å². The van der Waals surface area contributed by atoms with Crippen molar-refractivity contribution in [3.8, 4) is 5.82 Å². The normalized spacial score (nSPS) is 19.9. The number of aromatic nitrogens is 4. The third kappa shape index (κ3) is 3.32. The lowest BCUT2D eigenvalue weighted by Gasteiger charge is -2.16. The summed E-state index contributed by atoms with van der Waals surface area (Å²) in [5.74, 6) is 1.57. The van der Waals surface area contributed by atoms with Crippen molar-refractivity contribution in [3.05, 3.63) is 65.6 Å². The first kappa shape index (κ1) is 16.7. The number of aryl methyl sites for hydroxylation is 2. The highest BCUT2D eigenvalue weighted by molar-refractivity contribution is 5.38. The molecule has 1 N–H and O–H groups in total. The third-order valence-electron chi connectivity index (χ3n) is 4.88. The van der Waals surface area contributed by atoms with Crippen molar-refractivity contribution in [2.24, 2.45) is 5.92 Å². The molecule has 6 heteroatoms. The average Bonchev–Trinajstić information content (AvgIpc) is 3.18. The molecule has 0 bridgehead atoms. The van der Waals surface area contributed by atoms with Gasteiger partial charge >= 0.3 is 0 Å². The number of β-amino-alcohol motifs (C(OH)–C–C–N with tert-alkyl or cyclic N) is 1. The molecule has 1 saturated heterocycles. The van der Waals surface area contributed by atoms with Crippen LogP contribution in [0.3, 0.4) is 0 Å². The Balaban J connectivity index is 1.53. The van der Waals surface area contributed by atoms with Crippen LogP contribution in [-0.2, 0) is 6.42 Å². The summed E-state index contributed by atoms with van der Waals surface area (Å²) in [6.45, 7) is 5.28. The van der Waals surface area contributed by atoms with Gasteiger partial charge in [0.15, 0.2) is 5.82 Å². The lowest BCUT2D eigenvalue weighted by atomic mass is 9.97. The number of hydrogen-bond acceptors (Lipinski definition) is 5. The molecule has 0 amide bonds. The summed E-state index contributed by atoms with van der Waals surface area (Å²) in [6.07, 6.45) is 2.23. The SMILES string of the molecule is Cc1cc(C)n(-c2ccnc(N3C[C@@H](Cc4ccccc4)[C@H](O)C3)n2)n1. The zero-order valence-electron chi connectivity index (χ0n) is 15.1. The Kier molecular flexibility index (Phi) is 4.42. The molecule has 0 saturated carbocycles. The van der Waals surface area contributed by atoms with Crippen molar-refractivity contribution in [3.63, 3.8) is 0 Å². The van der Waals surface area contributed by atoms with E-state index < -0.39 is 0 Å². The lowest BCUT2D eigenvalue weighted by molar-refractivity contribution is 0.148. The summed E-state index contributed by atoms with van der Waals surface area (Å²) in [5, 5.41) is 15.0. The standard InChI is InChI=1S/C20H23N5O/c1-14-10-15(2)25(23-14)19-8-9-21-20(22-19)24-12-17(18(26)13-24)11-16-6-4-3-5-7-16/h3-10,17-18,26H,11-13H2,1-2H3/t17-,18-/m1/s1. The molecule has 26 heavy (non-hydrogen) atoms. The minimum atomic E-state index is -0.379. The number of benzene rings is 1. The van der Waals surface area contributed by atoms with Crippen molar-refractivity contribution in [1.82, 2.24) is 19.7 Å². The molecule has 0 unspecified atom stereocenters. The largest absolute Gasteiger partial charge is 0.391 e. The van der Waals surface area contributed by atoms with Gasteiger partial charge in [0.25, 0.3) is 0 Å². The fraction of sp³-hybridized carbons (Fsp3) is 0.350. The molecule has 1 fully saturated rings. The van der Waals surface area contributed by atoms with Crippen LogP contribution in [0.4, 0.5) is 5.95 Å². The molecular weight excluding hydrogens is 326 g/mol. The predicted octanol–water partition coefficient (Wildman–Crippen LogP) is 2.32. The van der Waals surface area contributed by atoms with Gasteiger partial charge in [-0.2, -0.15) is 10.1 Å². The first-order valence-corrected chi connectivity index (χ1v) is 8.94. The summed E-state index contributed by atoms with van der Waals surface area (Å²) in [5.41, 5.74) is 3.24. The number of aliphatic hydroxyl groups excluding tert-OH is 1. The molecule has 4 rings (SSSR count). The van der Waals surface area contributed by atoms with Crippen molar-refractivity contribution < 1.29 is 5.11 Å². The summed E-state index contributed by atoms with van der Waals surface area (Å²) in [6, 6.07) is 14.2. The molecule has 1 aromatic carbocycles.